The van der Waals surface area contributed by atoms with Crippen LogP contribution in [0.2, 0.25) is 0 Å². The minimum atomic E-state index is 0.573. The summed E-state index contributed by atoms with van der Waals surface area (Å²) < 4.78 is 0. The van der Waals surface area contributed by atoms with Crippen molar-refractivity contribution in [1.29, 1.82) is 0 Å². The lowest BCUT2D eigenvalue weighted by Crippen LogP contribution is -2.17. The van der Waals surface area contributed by atoms with E-state index in [0.29, 0.717) is 5.95 Å². The Kier molecular flexibility index (Phi) is 5.28. The molecule has 6 nitrogen and oxygen atoms in total. The fraction of sp³-hybridized carbons (Fsp3) is 0.273. The molecule has 0 spiro atoms. The third-order valence-electron chi connectivity index (χ3n) is 4.91. The van der Waals surface area contributed by atoms with E-state index in [1.54, 1.807) is 6.20 Å². The molecule has 2 heterocycles. The lowest BCUT2D eigenvalue weighted by molar-refractivity contribution is 0.949. The molecular weight excluding hydrogens is 348 g/mol. The molecule has 2 aromatic carbocycles. The van der Waals surface area contributed by atoms with Crippen LogP contribution < -0.4 is 20.4 Å². The van der Waals surface area contributed by atoms with Crippen molar-refractivity contribution in [2.45, 2.75) is 12.8 Å². The molecule has 1 saturated heterocycles. The molecule has 6 heteroatoms. The maximum atomic E-state index is 4.57. The van der Waals surface area contributed by atoms with Crippen molar-refractivity contribution in [1.82, 2.24) is 9.97 Å². The summed E-state index contributed by atoms with van der Waals surface area (Å²) in [7, 11) is 4.06. The van der Waals surface area contributed by atoms with E-state index >= 15 is 0 Å². The number of nitrogens with one attached hydrogen (secondary N) is 2. The number of hydrogen-bond donors (Lipinski definition) is 2. The van der Waals surface area contributed by atoms with Gasteiger partial charge in [-0.05, 0) is 67.4 Å². The average Bonchev–Trinajstić information content (AvgIpc) is 3.24. The van der Waals surface area contributed by atoms with Crippen LogP contribution in [0.4, 0.5) is 34.5 Å². The first-order valence-electron chi connectivity index (χ1n) is 9.67. The van der Waals surface area contributed by atoms with Gasteiger partial charge < -0.3 is 20.4 Å². The topological polar surface area (TPSA) is 56.3 Å². The van der Waals surface area contributed by atoms with E-state index in [9.17, 15) is 0 Å². The van der Waals surface area contributed by atoms with Gasteiger partial charge in [0.2, 0.25) is 5.95 Å². The molecule has 4 rings (SSSR count). The Morgan fingerprint density at radius 3 is 2.14 bits per heavy atom. The van der Waals surface area contributed by atoms with Gasteiger partial charge in [0.25, 0.3) is 0 Å². The van der Waals surface area contributed by atoms with Crippen LogP contribution in [0.3, 0.4) is 0 Å². The second kappa shape index (κ2) is 8.17. The highest BCUT2D eigenvalue weighted by Gasteiger charge is 2.11. The third-order valence-corrected chi connectivity index (χ3v) is 4.91. The Labute approximate surface area is 166 Å². The Balaban J connectivity index is 1.42. The molecule has 1 aromatic heterocycles. The first kappa shape index (κ1) is 18.1. The van der Waals surface area contributed by atoms with Gasteiger partial charge in [-0.25, -0.2) is 4.98 Å². The van der Waals surface area contributed by atoms with Crippen LogP contribution in [0.5, 0.6) is 0 Å². The molecule has 144 valence electrons. The Hall–Kier alpha value is -3.28. The van der Waals surface area contributed by atoms with Crippen molar-refractivity contribution in [2.75, 3.05) is 47.6 Å². The fourth-order valence-corrected chi connectivity index (χ4v) is 3.34. The zero-order valence-electron chi connectivity index (χ0n) is 16.4. The van der Waals surface area contributed by atoms with Gasteiger partial charge in [0, 0.05) is 56.1 Å². The van der Waals surface area contributed by atoms with Gasteiger partial charge in [-0.15, -0.1) is 0 Å². The van der Waals surface area contributed by atoms with Gasteiger partial charge in [0.1, 0.15) is 5.82 Å². The Bertz CT molecular complexity index is 899. The standard InChI is InChI=1S/C22H26N6/c1-27(2)19-9-5-17(6-10-19)24-21-13-14-23-22(26-21)25-18-7-11-20(12-8-18)28-15-3-4-16-28/h5-14H,3-4,15-16H2,1-2H3,(H2,23,24,25,26). The largest absolute Gasteiger partial charge is 0.378 e. The molecule has 0 radical (unpaired) electrons. The first-order chi connectivity index (χ1) is 13.7. The predicted octanol–water partition coefficient (Wildman–Crippen LogP) is 4.63. The normalized spacial score (nSPS) is 13.4. The number of hydrogen-bond acceptors (Lipinski definition) is 6. The van der Waals surface area contributed by atoms with Crippen molar-refractivity contribution in [3.8, 4) is 0 Å². The number of anilines is 6. The summed E-state index contributed by atoms with van der Waals surface area (Å²) in [5.74, 6) is 1.33. The van der Waals surface area contributed by atoms with E-state index in [1.807, 2.05) is 32.3 Å². The van der Waals surface area contributed by atoms with E-state index in [-0.39, 0.29) is 0 Å². The van der Waals surface area contributed by atoms with E-state index in [0.717, 1.165) is 36.0 Å². The molecule has 1 aliphatic rings. The smallest absolute Gasteiger partial charge is 0.229 e. The number of nitrogens with zero attached hydrogens (tertiary/aromatic N) is 4. The van der Waals surface area contributed by atoms with E-state index in [2.05, 4.69) is 66.8 Å². The lowest BCUT2D eigenvalue weighted by atomic mass is 10.2. The van der Waals surface area contributed by atoms with E-state index in [1.165, 1.54) is 18.5 Å². The van der Waals surface area contributed by atoms with Crippen LogP contribution in [-0.2, 0) is 0 Å². The minimum absolute atomic E-state index is 0.573. The summed E-state index contributed by atoms with van der Waals surface area (Å²) in [4.78, 5) is 13.4. The number of benzene rings is 2. The zero-order valence-corrected chi connectivity index (χ0v) is 16.4. The summed E-state index contributed by atoms with van der Waals surface area (Å²) in [5.41, 5.74) is 4.41. The maximum Gasteiger partial charge on any atom is 0.229 e. The van der Waals surface area contributed by atoms with Crippen LogP contribution in [0, 0.1) is 0 Å². The van der Waals surface area contributed by atoms with Crippen LogP contribution in [0.25, 0.3) is 0 Å². The van der Waals surface area contributed by atoms with Gasteiger partial charge >= 0.3 is 0 Å². The summed E-state index contributed by atoms with van der Waals surface area (Å²) in [6, 6.07) is 18.6. The molecule has 2 N–H and O–H groups in total. The molecule has 1 aliphatic heterocycles. The molecule has 0 atom stereocenters. The Morgan fingerprint density at radius 1 is 0.821 bits per heavy atom. The van der Waals surface area contributed by atoms with Gasteiger partial charge in [0.15, 0.2) is 0 Å². The Morgan fingerprint density at radius 2 is 1.46 bits per heavy atom. The highest BCUT2D eigenvalue weighted by molar-refractivity contribution is 5.63. The average molecular weight is 374 g/mol. The van der Waals surface area contributed by atoms with Gasteiger partial charge in [-0.3, -0.25) is 0 Å². The monoisotopic (exact) mass is 374 g/mol. The van der Waals surface area contributed by atoms with Crippen LogP contribution in [0.1, 0.15) is 12.8 Å². The fourth-order valence-electron chi connectivity index (χ4n) is 3.34. The van der Waals surface area contributed by atoms with Crippen molar-refractivity contribution in [3.63, 3.8) is 0 Å². The number of rotatable bonds is 6. The van der Waals surface area contributed by atoms with Gasteiger partial charge in [-0.2, -0.15) is 4.98 Å². The molecule has 0 bridgehead atoms. The maximum absolute atomic E-state index is 4.57. The first-order valence-corrected chi connectivity index (χ1v) is 9.67. The lowest BCUT2D eigenvalue weighted by Gasteiger charge is -2.17. The molecule has 1 fully saturated rings. The van der Waals surface area contributed by atoms with Crippen molar-refractivity contribution in [2.24, 2.45) is 0 Å². The van der Waals surface area contributed by atoms with Crippen molar-refractivity contribution < 1.29 is 0 Å². The molecule has 0 aliphatic carbocycles. The second-order valence-corrected chi connectivity index (χ2v) is 7.20. The molecule has 0 unspecified atom stereocenters. The van der Waals surface area contributed by atoms with Gasteiger partial charge in [0.05, 0.1) is 0 Å². The highest BCUT2D eigenvalue weighted by atomic mass is 15.2. The van der Waals surface area contributed by atoms with Gasteiger partial charge in [-0.1, -0.05) is 0 Å². The summed E-state index contributed by atoms with van der Waals surface area (Å²) in [5, 5.41) is 6.61. The predicted molar refractivity (Wildman–Crippen MR) is 117 cm³/mol. The number of aromatic nitrogens is 2. The van der Waals surface area contributed by atoms with Crippen LogP contribution in [-0.4, -0.2) is 37.2 Å². The van der Waals surface area contributed by atoms with E-state index in [4.69, 9.17) is 0 Å². The van der Waals surface area contributed by atoms with Crippen molar-refractivity contribution in [3.05, 3.63) is 60.8 Å². The van der Waals surface area contributed by atoms with Crippen LogP contribution in [0.15, 0.2) is 60.8 Å². The van der Waals surface area contributed by atoms with Crippen molar-refractivity contribution >= 4 is 34.5 Å². The summed E-state index contributed by atoms with van der Waals surface area (Å²) >= 11 is 0. The SMILES string of the molecule is CN(C)c1ccc(Nc2ccnc(Nc3ccc(N4CCCC4)cc3)n2)cc1. The molecular formula is C22H26N6. The third kappa shape index (κ3) is 4.34. The van der Waals surface area contributed by atoms with Crippen LogP contribution >= 0.6 is 0 Å². The molecule has 0 amide bonds. The zero-order chi connectivity index (χ0) is 19.3. The molecule has 28 heavy (non-hydrogen) atoms. The molecule has 3 aromatic rings. The van der Waals surface area contributed by atoms with E-state index < -0.39 is 0 Å². The molecule has 0 saturated carbocycles. The second-order valence-electron chi connectivity index (χ2n) is 7.20. The summed E-state index contributed by atoms with van der Waals surface area (Å²) in [6.07, 6.45) is 4.32. The minimum Gasteiger partial charge on any atom is -0.378 e. The summed E-state index contributed by atoms with van der Waals surface area (Å²) in [6.45, 7) is 2.30. The quantitative estimate of drug-likeness (QED) is 0.656. The highest BCUT2D eigenvalue weighted by Crippen LogP contribution is 2.24.